The maximum Gasteiger partial charge on any atom is 0.320 e. The topological polar surface area (TPSA) is 78.8 Å². The Hall–Kier alpha value is -1.24. The zero-order valence-electron chi connectivity index (χ0n) is 11.5. The van der Waals surface area contributed by atoms with E-state index < -0.39 is 12.0 Å². The molecule has 0 radical (unpaired) electrons. The van der Waals surface area contributed by atoms with Crippen LogP contribution in [0.15, 0.2) is 24.3 Å². The minimum Gasteiger partial charge on any atom is -0.491 e. The van der Waals surface area contributed by atoms with Crippen molar-refractivity contribution >= 4 is 17.7 Å². The Kier molecular flexibility index (Phi) is 8.10. The van der Waals surface area contributed by atoms with Crippen LogP contribution in [0.1, 0.15) is 12.0 Å². The van der Waals surface area contributed by atoms with Crippen LogP contribution >= 0.6 is 11.8 Å². The van der Waals surface area contributed by atoms with Crippen LogP contribution in [-0.4, -0.2) is 47.4 Å². The van der Waals surface area contributed by atoms with Gasteiger partial charge in [0.25, 0.3) is 0 Å². The Labute approximate surface area is 123 Å². The van der Waals surface area contributed by atoms with E-state index in [0.717, 1.165) is 11.3 Å². The van der Waals surface area contributed by atoms with Gasteiger partial charge in [0.05, 0.1) is 6.61 Å². The molecule has 3 N–H and O–H groups in total. The molecule has 0 saturated heterocycles. The lowest BCUT2D eigenvalue weighted by molar-refractivity contribution is -0.139. The Bertz CT molecular complexity index is 397. The number of hydrogen-bond acceptors (Lipinski definition) is 5. The highest BCUT2D eigenvalue weighted by atomic mass is 32.2. The molecule has 1 rings (SSSR count). The number of ether oxygens (including phenoxy) is 1. The molecule has 0 aromatic heterocycles. The molecular formula is C14H21NO4S. The fraction of sp³-hybridized carbons (Fsp3) is 0.500. The first kappa shape index (κ1) is 16.8. The van der Waals surface area contributed by atoms with E-state index in [-0.39, 0.29) is 13.2 Å². The molecule has 0 saturated carbocycles. The SMILES string of the molecule is CSCCC(NCc1ccc(OCCO)cc1)C(=O)O. The molecule has 0 spiro atoms. The monoisotopic (exact) mass is 299 g/mol. The average molecular weight is 299 g/mol. The van der Waals surface area contributed by atoms with E-state index in [1.165, 1.54) is 0 Å². The first-order chi connectivity index (χ1) is 9.67. The van der Waals surface area contributed by atoms with Crippen LogP contribution in [0, 0.1) is 0 Å². The number of carboxylic acids is 1. The first-order valence-corrected chi connectivity index (χ1v) is 7.84. The Balaban J connectivity index is 2.44. The van der Waals surface area contributed by atoms with Crippen LogP contribution < -0.4 is 10.1 Å². The van der Waals surface area contributed by atoms with Crippen LogP contribution in [0.4, 0.5) is 0 Å². The van der Waals surface area contributed by atoms with E-state index in [2.05, 4.69) is 5.32 Å². The molecule has 0 heterocycles. The van der Waals surface area contributed by atoms with Crippen molar-refractivity contribution in [1.82, 2.24) is 5.32 Å². The molecule has 0 fully saturated rings. The van der Waals surface area contributed by atoms with Gasteiger partial charge in [-0.25, -0.2) is 0 Å². The second-order valence-electron chi connectivity index (χ2n) is 4.27. The quantitative estimate of drug-likeness (QED) is 0.605. The molecule has 0 aliphatic rings. The number of carbonyl (C=O) groups is 1. The molecule has 1 aromatic rings. The van der Waals surface area contributed by atoms with Crippen molar-refractivity contribution in [3.05, 3.63) is 29.8 Å². The molecule has 0 amide bonds. The first-order valence-electron chi connectivity index (χ1n) is 6.45. The number of rotatable bonds is 10. The van der Waals surface area contributed by atoms with E-state index >= 15 is 0 Å². The summed E-state index contributed by atoms with van der Waals surface area (Å²) in [6.07, 6.45) is 2.57. The molecule has 1 atom stereocenters. The third-order valence-corrected chi connectivity index (χ3v) is 3.39. The molecular weight excluding hydrogens is 278 g/mol. The van der Waals surface area contributed by atoms with Gasteiger partial charge in [-0.3, -0.25) is 4.79 Å². The third kappa shape index (κ3) is 6.27. The highest BCUT2D eigenvalue weighted by Gasteiger charge is 2.15. The summed E-state index contributed by atoms with van der Waals surface area (Å²) in [4.78, 5) is 11.1. The highest BCUT2D eigenvalue weighted by Crippen LogP contribution is 2.12. The van der Waals surface area contributed by atoms with Gasteiger partial charge in [0.1, 0.15) is 18.4 Å². The van der Waals surface area contributed by atoms with E-state index in [0.29, 0.717) is 18.7 Å². The van der Waals surface area contributed by atoms with Crippen LogP contribution in [0.25, 0.3) is 0 Å². The lowest BCUT2D eigenvalue weighted by Crippen LogP contribution is -2.36. The Morgan fingerprint density at radius 1 is 1.40 bits per heavy atom. The zero-order valence-corrected chi connectivity index (χ0v) is 12.4. The van der Waals surface area contributed by atoms with E-state index in [1.807, 2.05) is 30.5 Å². The molecule has 0 aliphatic carbocycles. The lowest BCUT2D eigenvalue weighted by Gasteiger charge is -2.14. The van der Waals surface area contributed by atoms with Gasteiger partial charge in [0, 0.05) is 6.54 Å². The van der Waals surface area contributed by atoms with Gasteiger partial charge in [0.2, 0.25) is 0 Å². The summed E-state index contributed by atoms with van der Waals surface area (Å²) >= 11 is 1.64. The Morgan fingerprint density at radius 3 is 2.65 bits per heavy atom. The predicted molar refractivity (Wildman–Crippen MR) is 80.3 cm³/mol. The molecule has 1 aromatic carbocycles. The van der Waals surface area contributed by atoms with Crippen molar-refractivity contribution in [2.75, 3.05) is 25.2 Å². The van der Waals surface area contributed by atoms with Crippen LogP contribution in [-0.2, 0) is 11.3 Å². The van der Waals surface area contributed by atoms with Crippen LogP contribution in [0.5, 0.6) is 5.75 Å². The fourth-order valence-corrected chi connectivity index (χ4v) is 2.13. The largest absolute Gasteiger partial charge is 0.491 e. The van der Waals surface area contributed by atoms with Crippen molar-refractivity contribution in [3.8, 4) is 5.75 Å². The number of nitrogens with one attached hydrogen (secondary N) is 1. The van der Waals surface area contributed by atoms with Crippen molar-refractivity contribution in [1.29, 1.82) is 0 Å². The third-order valence-electron chi connectivity index (χ3n) is 2.74. The van der Waals surface area contributed by atoms with Gasteiger partial charge in [-0.05, 0) is 36.1 Å². The lowest BCUT2D eigenvalue weighted by atomic mass is 10.2. The zero-order chi connectivity index (χ0) is 14.8. The molecule has 5 nitrogen and oxygen atoms in total. The van der Waals surface area contributed by atoms with E-state index in [9.17, 15) is 4.79 Å². The molecule has 0 aliphatic heterocycles. The van der Waals surface area contributed by atoms with Crippen molar-refractivity contribution in [2.24, 2.45) is 0 Å². The van der Waals surface area contributed by atoms with Gasteiger partial charge < -0.3 is 20.3 Å². The number of hydrogen-bond donors (Lipinski definition) is 3. The summed E-state index contributed by atoms with van der Waals surface area (Å²) in [6, 6.07) is 6.86. The minimum absolute atomic E-state index is 0.0148. The number of benzene rings is 1. The molecule has 112 valence electrons. The second kappa shape index (κ2) is 9.63. The maximum atomic E-state index is 11.1. The second-order valence-corrected chi connectivity index (χ2v) is 5.25. The normalized spacial score (nSPS) is 12.1. The smallest absolute Gasteiger partial charge is 0.320 e. The van der Waals surface area contributed by atoms with Gasteiger partial charge in [-0.15, -0.1) is 0 Å². The standard InChI is InChI=1S/C14H21NO4S/c1-20-9-6-13(14(17)18)15-10-11-2-4-12(5-3-11)19-8-7-16/h2-5,13,15-16H,6-10H2,1H3,(H,17,18). The maximum absolute atomic E-state index is 11.1. The molecule has 20 heavy (non-hydrogen) atoms. The number of thioether (sulfide) groups is 1. The number of aliphatic hydroxyl groups is 1. The molecule has 0 bridgehead atoms. The van der Waals surface area contributed by atoms with Crippen LogP contribution in [0.3, 0.4) is 0 Å². The van der Waals surface area contributed by atoms with E-state index in [4.69, 9.17) is 14.9 Å². The highest BCUT2D eigenvalue weighted by molar-refractivity contribution is 7.98. The summed E-state index contributed by atoms with van der Waals surface area (Å²) < 4.78 is 5.26. The van der Waals surface area contributed by atoms with Gasteiger partial charge in [0.15, 0.2) is 0 Å². The summed E-state index contributed by atoms with van der Waals surface area (Å²) in [5, 5.41) is 20.8. The predicted octanol–water partition coefficient (Wildman–Crippen LogP) is 1.35. The van der Waals surface area contributed by atoms with Crippen molar-refractivity contribution in [2.45, 2.75) is 19.0 Å². The summed E-state index contributed by atoms with van der Waals surface area (Å²) in [6.45, 7) is 0.762. The van der Waals surface area contributed by atoms with Crippen molar-refractivity contribution < 1.29 is 19.7 Å². The van der Waals surface area contributed by atoms with Gasteiger partial charge in [-0.1, -0.05) is 12.1 Å². The average Bonchev–Trinajstić information content (AvgIpc) is 2.46. The van der Waals surface area contributed by atoms with Crippen LogP contribution in [0.2, 0.25) is 0 Å². The minimum atomic E-state index is -0.818. The number of carboxylic acid groups (broad SMARTS) is 1. The number of aliphatic hydroxyl groups excluding tert-OH is 1. The summed E-state index contributed by atoms with van der Waals surface area (Å²) in [5.41, 5.74) is 0.997. The molecule has 6 heteroatoms. The number of aliphatic carboxylic acids is 1. The van der Waals surface area contributed by atoms with E-state index in [1.54, 1.807) is 11.8 Å². The molecule has 1 unspecified atom stereocenters. The van der Waals surface area contributed by atoms with Gasteiger partial charge in [-0.2, -0.15) is 11.8 Å². The fourth-order valence-electron chi connectivity index (χ4n) is 1.66. The van der Waals surface area contributed by atoms with Crippen molar-refractivity contribution in [3.63, 3.8) is 0 Å². The summed E-state index contributed by atoms with van der Waals surface area (Å²) in [7, 11) is 0. The van der Waals surface area contributed by atoms with Gasteiger partial charge >= 0.3 is 5.97 Å². The Morgan fingerprint density at radius 2 is 2.10 bits per heavy atom. The summed E-state index contributed by atoms with van der Waals surface area (Å²) in [5.74, 6) is 0.694.